The number of allylic oxidation sites excluding steroid dienone is 3. The number of non-ortho nitro benzene ring substituents is 1. The van der Waals surface area contributed by atoms with Crippen molar-refractivity contribution in [1.82, 2.24) is 0 Å². The van der Waals surface area contributed by atoms with E-state index in [9.17, 15) is 14.9 Å². The first kappa shape index (κ1) is 16.4. The van der Waals surface area contributed by atoms with Gasteiger partial charge in [-0.05, 0) is 29.2 Å². The van der Waals surface area contributed by atoms with E-state index in [2.05, 4.69) is 26.8 Å². The number of carbonyl (C=O) groups is 1. The largest absolute Gasteiger partial charge is 0.466 e. The first-order valence-electron chi connectivity index (χ1n) is 7.95. The van der Waals surface area contributed by atoms with Gasteiger partial charge in [-0.1, -0.05) is 43.7 Å². The van der Waals surface area contributed by atoms with Crippen molar-refractivity contribution in [2.75, 3.05) is 7.11 Å². The van der Waals surface area contributed by atoms with Gasteiger partial charge in [0.05, 0.1) is 12.0 Å². The molecule has 4 atom stereocenters. The maximum Gasteiger partial charge on any atom is 0.330 e. The number of nitro benzene ring substituents is 1. The van der Waals surface area contributed by atoms with E-state index in [0.29, 0.717) is 5.92 Å². The number of methoxy groups -OCH3 is 1. The van der Waals surface area contributed by atoms with Crippen LogP contribution in [0.5, 0.6) is 0 Å². The molecule has 3 rings (SSSR count). The second-order valence-electron chi connectivity index (χ2n) is 7.11. The zero-order valence-electron chi connectivity index (χ0n) is 14.3. The predicted molar refractivity (Wildman–Crippen MR) is 90.5 cm³/mol. The highest BCUT2D eigenvalue weighted by Gasteiger charge is 2.73. The van der Waals surface area contributed by atoms with Crippen LogP contribution in [-0.4, -0.2) is 18.0 Å². The Morgan fingerprint density at radius 1 is 1.29 bits per heavy atom. The molecule has 0 aliphatic heterocycles. The summed E-state index contributed by atoms with van der Waals surface area (Å²) in [5.41, 5.74) is 2.34. The number of nitro groups is 1. The van der Waals surface area contributed by atoms with Crippen LogP contribution in [0.4, 0.5) is 5.69 Å². The fraction of sp³-hybridized carbons (Fsp3) is 0.421. The molecule has 5 nitrogen and oxygen atoms in total. The highest BCUT2D eigenvalue weighted by atomic mass is 16.6. The summed E-state index contributed by atoms with van der Waals surface area (Å²) in [6.45, 7) is 6.46. The summed E-state index contributed by atoms with van der Waals surface area (Å²) in [4.78, 5) is 21.9. The van der Waals surface area contributed by atoms with Gasteiger partial charge in [-0.15, -0.1) is 0 Å². The van der Waals surface area contributed by atoms with Crippen LogP contribution in [-0.2, 0) is 9.53 Å². The van der Waals surface area contributed by atoms with Crippen molar-refractivity contribution in [2.45, 2.75) is 26.7 Å². The van der Waals surface area contributed by atoms with Gasteiger partial charge in [0.15, 0.2) is 0 Å². The van der Waals surface area contributed by atoms with E-state index in [-0.39, 0.29) is 33.3 Å². The Morgan fingerprint density at radius 3 is 2.46 bits per heavy atom. The van der Waals surface area contributed by atoms with Crippen LogP contribution >= 0.6 is 0 Å². The molecule has 2 unspecified atom stereocenters. The second-order valence-corrected chi connectivity index (χ2v) is 7.11. The molecule has 2 aliphatic carbocycles. The number of hydrogen-bond donors (Lipinski definition) is 0. The van der Waals surface area contributed by atoms with E-state index in [1.54, 1.807) is 12.1 Å². The summed E-state index contributed by atoms with van der Waals surface area (Å²) in [5, 5.41) is 10.8. The number of carbonyl (C=O) groups excluding carboxylic acids is 1. The number of benzene rings is 1. The molecule has 0 spiro atoms. The fourth-order valence-corrected chi connectivity index (χ4v) is 4.51. The molecule has 1 saturated carbocycles. The minimum Gasteiger partial charge on any atom is -0.466 e. The minimum absolute atomic E-state index is 0.00591. The van der Waals surface area contributed by atoms with Crippen molar-refractivity contribution in [3.63, 3.8) is 0 Å². The van der Waals surface area contributed by atoms with E-state index >= 15 is 0 Å². The Balaban J connectivity index is 1.91. The number of ether oxygens (including phenoxy) is 1. The molecule has 5 heteroatoms. The van der Waals surface area contributed by atoms with Crippen molar-refractivity contribution >= 4 is 11.7 Å². The first-order chi connectivity index (χ1) is 11.2. The third-order valence-corrected chi connectivity index (χ3v) is 5.95. The Hall–Kier alpha value is -2.43. The summed E-state index contributed by atoms with van der Waals surface area (Å²) >= 11 is 0. The molecule has 1 aromatic carbocycles. The summed E-state index contributed by atoms with van der Waals surface area (Å²) in [6, 6.07) is 6.80. The molecule has 0 heterocycles. The highest BCUT2D eigenvalue weighted by Crippen LogP contribution is 2.79. The summed E-state index contributed by atoms with van der Waals surface area (Å²) < 4.78 is 4.69. The van der Waals surface area contributed by atoms with Crippen LogP contribution in [0.15, 0.2) is 48.1 Å². The Labute approximate surface area is 141 Å². The smallest absolute Gasteiger partial charge is 0.330 e. The third-order valence-electron chi connectivity index (χ3n) is 5.95. The van der Waals surface area contributed by atoms with Gasteiger partial charge < -0.3 is 4.74 Å². The molecule has 126 valence electrons. The normalized spacial score (nSPS) is 33.9. The van der Waals surface area contributed by atoms with Crippen LogP contribution in [0.25, 0.3) is 0 Å². The van der Waals surface area contributed by atoms with Crippen LogP contribution in [0.1, 0.15) is 32.3 Å². The quantitative estimate of drug-likeness (QED) is 0.275. The molecular formula is C19H21NO4. The molecule has 0 amide bonds. The molecule has 1 fully saturated rings. The monoisotopic (exact) mass is 327 g/mol. The van der Waals surface area contributed by atoms with Crippen LogP contribution in [0, 0.1) is 26.9 Å². The molecule has 0 aromatic heterocycles. The lowest BCUT2D eigenvalue weighted by atomic mass is 9.84. The van der Waals surface area contributed by atoms with Gasteiger partial charge in [-0.2, -0.15) is 0 Å². The average Bonchev–Trinajstić information content (AvgIpc) is 2.85. The molecule has 0 radical (unpaired) electrons. The average molecular weight is 327 g/mol. The van der Waals surface area contributed by atoms with Crippen molar-refractivity contribution in [2.24, 2.45) is 16.7 Å². The van der Waals surface area contributed by atoms with Crippen LogP contribution in [0.2, 0.25) is 0 Å². The molecule has 1 aromatic rings. The van der Waals surface area contributed by atoms with Gasteiger partial charge >= 0.3 is 5.97 Å². The zero-order chi connectivity index (χ0) is 17.7. The fourth-order valence-electron chi connectivity index (χ4n) is 4.51. The SMILES string of the molecule is COC(=O)/C=C/[C@@]1(C)C2C(c3ccc([N+](=O)[O-])cc3)C(C)=C[C@@]21C. The van der Waals surface area contributed by atoms with Crippen molar-refractivity contribution in [3.8, 4) is 0 Å². The highest BCUT2D eigenvalue weighted by molar-refractivity contribution is 5.82. The van der Waals surface area contributed by atoms with Gasteiger partial charge in [0.25, 0.3) is 5.69 Å². The van der Waals surface area contributed by atoms with E-state index in [0.717, 1.165) is 5.56 Å². The van der Waals surface area contributed by atoms with Crippen LogP contribution < -0.4 is 0 Å². The lowest BCUT2D eigenvalue weighted by Gasteiger charge is -2.20. The van der Waals surface area contributed by atoms with Crippen molar-refractivity contribution < 1.29 is 14.5 Å². The van der Waals surface area contributed by atoms with E-state index in [1.165, 1.54) is 18.8 Å². The number of nitrogens with zero attached hydrogens (tertiary/aromatic N) is 1. The molecule has 0 bridgehead atoms. The molecule has 0 saturated heterocycles. The lowest BCUT2D eigenvalue weighted by Crippen LogP contribution is -2.10. The predicted octanol–water partition coefficient (Wildman–Crippen LogP) is 4.01. The number of fused-ring (bicyclic) bond motifs is 1. The molecular weight excluding hydrogens is 306 g/mol. The topological polar surface area (TPSA) is 69.4 Å². The maximum absolute atomic E-state index is 11.4. The van der Waals surface area contributed by atoms with E-state index < -0.39 is 0 Å². The number of rotatable bonds is 4. The summed E-state index contributed by atoms with van der Waals surface area (Å²) in [6.07, 6.45) is 5.73. The molecule has 2 aliphatic rings. The van der Waals surface area contributed by atoms with Gasteiger partial charge in [-0.3, -0.25) is 10.1 Å². The summed E-state index contributed by atoms with van der Waals surface area (Å²) in [7, 11) is 1.37. The maximum atomic E-state index is 11.4. The van der Waals surface area contributed by atoms with Gasteiger partial charge in [0, 0.05) is 24.1 Å². The van der Waals surface area contributed by atoms with E-state index in [1.807, 2.05) is 18.2 Å². The zero-order valence-corrected chi connectivity index (χ0v) is 14.3. The Morgan fingerprint density at radius 2 is 1.92 bits per heavy atom. The molecule has 0 N–H and O–H groups in total. The molecule has 24 heavy (non-hydrogen) atoms. The summed E-state index contributed by atoms with van der Waals surface area (Å²) in [5.74, 6) is 0.202. The van der Waals surface area contributed by atoms with Crippen LogP contribution in [0.3, 0.4) is 0 Å². The van der Waals surface area contributed by atoms with Gasteiger partial charge in [-0.25, -0.2) is 4.79 Å². The van der Waals surface area contributed by atoms with Crippen molar-refractivity contribution in [1.29, 1.82) is 0 Å². The van der Waals surface area contributed by atoms with Gasteiger partial charge in [0.2, 0.25) is 0 Å². The second kappa shape index (κ2) is 5.30. The third kappa shape index (κ3) is 2.19. The van der Waals surface area contributed by atoms with E-state index in [4.69, 9.17) is 4.74 Å². The van der Waals surface area contributed by atoms with Gasteiger partial charge in [0.1, 0.15) is 0 Å². The number of hydrogen-bond acceptors (Lipinski definition) is 4. The lowest BCUT2D eigenvalue weighted by molar-refractivity contribution is -0.384. The Bertz CT molecular complexity index is 764. The number of esters is 1. The first-order valence-corrected chi connectivity index (χ1v) is 7.95. The minimum atomic E-state index is -0.383. The Kier molecular flexibility index (Phi) is 3.62. The van der Waals surface area contributed by atoms with Crippen molar-refractivity contribution in [3.05, 3.63) is 63.7 Å². The standard InChI is InChI=1S/C19H21NO4/c1-12-11-19(3)17(18(19,2)10-9-15(21)24-4)16(12)13-5-7-14(8-6-13)20(22)23/h5-11,16-17H,1-4H3/b10-9+/t16?,17?,18-,19-/m0/s1.